The standard InChI is InChI=1S/Ba.Ca.2H2O.4H/h;;2*1H2;;;;/q2*+2;;;4*-1. The van der Waals surface area contributed by atoms with E-state index < -0.39 is 0 Å². The largest absolute Gasteiger partial charge is 2.00 e. The van der Waals surface area contributed by atoms with Gasteiger partial charge in [-0.15, -0.1) is 0 Å². The molecule has 0 saturated heterocycles. The fourth-order valence-corrected chi connectivity index (χ4v) is 0. The molecule has 0 saturated carbocycles. The van der Waals surface area contributed by atoms with Gasteiger partial charge in [-0.25, -0.2) is 0 Å². The summed E-state index contributed by atoms with van der Waals surface area (Å²) >= 11 is 0. The summed E-state index contributed by atoms with van der Waals surface area (Å²) in [6, 6.07) is 0. The molecule has 0 radical (unpaired) electrons. The summed E-state index contributed by atoms with van der Waals surface area (Å²) in [5.74, 6) is 0. The van der Waals surface area contributed by atoms with Gasteiger partial charge in [0, 0.05) is 0 Å². The quantitative estimate of drug-likeness (QED) is 0.423. The van der Waals surface area contributed by atoms with Crippen LogP contribution >= 0.6 is 0 Å². The van der Waals surface area contributed by atoms with Crippen molar-refractivity contribution in [1.29, 1.82) is 0 Å². The van der Waals surface area contributed by atoms with E-state index in [0.29, 0.717) is 0 Å². The van der Waals surface area contributed by atoms with E-state index >= 15 is 0 Å². The van der Waals surface area contributed by atoms with Gasteiger partial charge < -0.3 is 16.7 Å². The van der Waals surface area contributed by atoms with Crippen LogP contribution in [-0.4, -0.2) is 97.6 Å². The Hall–Kier alpha value is 2.75. The van der Waals surface area contributed by atoms with Gasteiger partial charge >= 0.3 is 86.6 Å². The van der Waals surface area contributed by atoms with E-state index in [0.717, 1.165) is 0 Å². The second-order valence-corrected chi connectivity index (χ2v) is 0. The molecule has 0 rings (SSSR count). The van der Waals surface area contributed by atoms with Gasteiger partial charge in [-0.05, 0) is 0 Å². The molecular formula is H8BaCaO2. The Bertz CT molecular complexity index is 14.0. The van der Waals surface area contributed by atoms with Crippen LogP contribution in [0.3, 0.4) is 0 Å². The molecule has 0 unspecified atom stereocenters. The van der Waals surface area contributed by atoms with Crippen molar-refractivity contribution in [2.45, 2.75) is 0 Å². The van der Waals surface area contributed by atoms with E-state index in [2.05, 4.69) is 0 Å². The van der Waals surface area contributed by atoms with Gasteiger partial charge in [0.05, 0.1) is 0 Å². The molecule has 0 aromatic carbocycles. The molecule has 0 fully saturated rings. The fourth-order valence-electron chi connectivity index (χ4n) is 0. The zero-order valence-corrected chi connectivity index (χ0v) is 9.06. The topological polar surface area (TPSA) is 63.0 Å². The maximum atomic E-state index is 0. The van der Waals surface area contributed by atoms with Crippen LogP contribution < -0.4 is 0 Å². The smallest absolute Gasteiger partial charge is 1.00 e. The summed E-state index contributed by atoms with van der Waals surface area (Å²) in [4.78, 5) is 0. The first-order valence-corrected chi connectivity index (χ1v) is 0. The summed E-state index contributed by atoms with van der Waals surface area (Å²) in [5, 5.41) is 0. The molecule has 0 atom stereocenters. The molecule has 0 aromatic rings. The molecular weight excluding hydrogens is 209 g/mol. The van der Waals surface area contributed by atoms with E-state index in [4.69, 9.17) is 0 Å². The van der Waals surface area contributed by atoms with Crippen LogP contribution in [-0.2, 0) is 0 Å². The van der Waals surface area contributed by atoms with Crippen molar-refractivity contribution < 1.29 is 16.7 Å². The van der Waals surface area contributed by atoms with Gasteiger partial charge in [-0.1, -0.05) is 0 Å². The molecule has 0 aromatic heterocycles. The first kappa shape index (κ1) is 29.5. The minimum absolute atomic E-state index is 0. The van der Waals surface area contributed by atoms with Crippen LogP contribution in [0.5, 0.6) is 0 Å². The third-order valence-corrected chi connectivity index (χ3v) is 0. The first-order chi connectivity index (χ1) is 0. The van der Waals surface area contributed by atoms with Crippen molar-refractivity contribution in [3.05, 3.63) is 0 Å². The summed E-state index contributed by atoms with van der Waals surface area (Å²) in [6.07, 6.45) is 0. The summed E-state index contributed by atoms with van der Waals surface area (Å²) in [6.45, 7) is 0. The second-order valence-electron chi connectivity index (χ2n) is 0. The minimum Gasteiger partial charge on any atom is -1.00 e. The number of hydrogen-bond donors (Lipinski definition) is 0. The molecule has 2 nitrogen and oxygen atoms in total. The molecule has 0 spiro atoms. The van der Waals surface area contributed by atoms with Crippen molar-refractivity contribution in [1.82, 2.24) is 0 Å². The third kappa shape index (κ3) is 8.83. The Morgan fingerprint density at radius 3 is 1.00 bits per heavy atom. The molecule has 0 aliphatic rings. The van der Waals surface area contributed by atoms with Gasteiger partial charge in [-0.2, -0.15) is 0 Å². The third-order valence-electron chi connectivity index (χ3n) is 0. The average molecular weight is 217 g/mol. The molecule has 0 bridgehead atoms. The Balaban J connectivity index is 0. The first-order valence-electron chi connectivity index (χ1n) is 0. The van der Waals surface area contributed by atoms with Crippen LogP contribution in [0, 0.1) is 0 Å². The van der Waals surface area contributed by atoms with Gasteiger partial charge in [0.1, 0.15) is 0 Å². The van der Waals surface area contributed by atoms with Gasteiger partial charge in [-0.3, -0.25) is 0 Å². The fraction of sp³-hybridized carbons (Fsp3) is 0. The van der Waals surface area contributed by atoms with Crippen LogP contribution in [0.1, 0.15) is 5.71 Å². The second kappa shape index (κ2) is 17.2. The summed E-state index contributed by atoms with van der Waals surface area (Å²) in [7, 11) is 0. The van der Waals surface area contributed by atoms with Crippen molar-refractivity contribution in [3.63, 3.8) is 0 Å². The SMILES string of the molecule is O.O.[Ba+2].[Ca+2].[H-].[H-].[H-].[H-]. The Kier molecular flexibility index (Phi) is 127. The van der Waals surface area contributed by atoms with Gasteiger partial charge in [0.2, 0.25) is 0 Å². The maximum Gasteiger partial charge on any atom is 2.00 e. The van der Waals surface area contributed by atoms with Crippen molar-refractivity contribution in [2.24, 2.45) is 0 Å². The maximum absolute atomic E-state index is 0. The molecule has 4 N–H and O–H groups in total. The molecule has 24 valence electrons. The monoisotopic (exact) mass is 218 g/mol. The zero-order valence-electron chi connectivity index (χ0n) is 6.41. The molecule has 4 heavy (non-hydrogen) atoms. The van der Waals surface area contributed by atoms with E-state index in [1.165, 1.54) is 0 Å². The van der Waals surface area contributed by atoms with Crippen LogP contribution in [0.15, 0.2) is 0 Å². The van der Waals surface area contributed by atoms with E-state index in [9.17, 15) is 0 Å². The molecule has 4 heteroatoms. The van der Waals surface area contributed by atoms with Gasteiger partial charge in [0.25, 0.3) is 0 Å². The van der Waals surface area contributed by atoms with Crippen molar-refractivity contribution in [2.75, 3.05) is 0 Å². The predicted molar refractivity (Wildman–Crippen MR) is 23.2 cm³/mol. The molecule has 0 heterocycles. The Morgan fingerprint density at radius 1 is 1.00 bits per heavy atom. The van der Waals surface area contributed by atoms with Gasteiger partial charge in [0.15, 0.2) is 0 Å². The average Bonchev–Trinajstić information content (AvgIpc) is 0. The van der Waals surface area contributed by atoms with Crippen LogP contribution in [0.25, 0.3) is 0 Å². The Labute approximate surface area is 101 Å². The van der Waals surface area contributed by atoms with E-state index in [1.807, 2.05) is 0 Å². The van der Waals surface area contributed by atoms with Crippen molar-refractivity contribution >= 4 is 86.6 Å². The molecule has 0 amide bonds. The summed E-state index contributed by atoms with van der Waals surface area (Å²) < 4.78 is 0. The zero-order chi connectivity index (χ0) is 0. The molecule has 0 aliphatic heterocycles. The van der Waals surface area contributed by atoms with Crippen LogP contribution in [0.2, 0.25) is 0 Å². The van der Waals surface area contributed by atoms with Crippen molar-refractivity contribution in [3.8, 4) is 0 Å². The van der Waals surface area contributed by atoms with E-state index in [1.54, 1.807) is 0 Å². The predicted octanol–water partition coefficient (Wildman–Crippen LogP) is -1.96. The number of rotatable bonds is 0. The number of hydrogen-bond acceptors (Lipinski definition) is 0. The normalized spacial score (nSPS) is 0. The molecule has 0 aliphatic carbocycles. The minimum atomic E-state index is 0. The summed E-state index contributed by atoms with van der Waals surface area (Å²) in [5.41, 5.74) is 0. The van der Waals surface area contributed by atoms with Crippen LogP contribution in [0.4, 0.5) is 0 Å². The van der Waals surface area contributed by atoms with E-state index in [-0.39, 0.29) is 103 Å². The Morgan fingerprint density at radius 2 is 1.00 bits per heavy atom.